The van der Waals surface area contributed by atoms with Crippen molar-refractivity contribution >= 4 is 5.97 Å². The van der Waals surface area contributed by atoms with E-state index in [0.717, 1.165) is 32.0 Å². The Labute approximate surface area is 187 Å². The van der Waals surface area contributed by atoms with Gasteiger partial charge in [-0.2, -0.15) is 0 Å². The lowest BCUT2D eigenvalue weighted by molar-refractivity contribution is -0.137. The van der Waals surface area contributed by atoms with E-state index in [2.05, 4.69) is 0 Å². The molecule has 0 bridgehead atoms. The molecule has 3 heteroatoms. The maximum absolute atomic E-state index is 10.4. The van der Waals surface area contributed by atoms with Crippen LogP contribution < -0.4 is 0 Å². The predicted octanol–water partition coefficient (Wildman–Crippen LogP) is 8.69. The minimum atomic E-state index is -0.651. The molecule has 1 fully saturated rings. The van der Waals surface area contributed by atoms with E-state index >= 15 is 0 Å². The predicted molar refractivity (Wildman–Crippen MR) is 128 cm³/mol. The van der Waals surface area contributed by atoms with Crippen LogP contribution in [-0.4, -0.2) is 24.3 Å². The maximum atomic E-state index is 10.4. The molecule has 0 radical (unpaired) electrons. The molecule has 1 saturated heterocycles. The van der Waals surface area contributed by atoms with Gasteiger partial charge in [-0.15, -0.1) is 0 Å². The SMILES string of the molecule is O=C(O)CCCCCCCCCCCCCCCCCCCCCCCC1COC1. The molecular formula is C27H52O3. The Balaban J connectivity index is 1.60. The molecule has 1 rings (SSSR count). The Bertz CT molecular complexity index is 365. The van der Waals surface area contributed by atoms with Gasteiger partial charge in [-0.1, -0.05) is 128 Å². The zero-order valence-electron chi connectivity index (χ0n) is 20.0. The zero-order chi connectivity index (χ0) is 21.5. The number of hydrogen-bond acceptors (Lipinski definition) is 2. The average Bonchev–Trinajstić information content (AvgIpc) is 2.69. The molecule has 0 saturated carbocycles. The Hall–Kier alpha value is -0.570. The number of aliphatic carboxylic acids is 1. The molecule has 0 aromatic carbocycles. The summed E-state index contributed by atoms with van der Waals surface area (Å²) in [4.78, 5) is 10.4. The van der Waals surface area contributed by atoms with E-state index < -0.39 is 5.97 Å². The van der Waals surface area contributed by atoms with Crippen molar-refractivity contribution in [1.29, 1.82) is 0 Å². The Morgan fingerprint density at radius 3 is 1.10 bits per heavy atom. The van der Waals surface area contributed by atoms with Gasteiger partial charge in [0.2, 0.25) is 0 Å². The van der Waals surface area contributed by atoms with Crippen LogP contribution in [-0.2, 0) is 9.53 Å². The van der Waals surface area contributed by atoms with Crippen LogP contribution in [0.25, 0.3) is 0 Å². The Morgan fingerprint density at radius 2 is 0.833 bits per heavy atom. The molecule has 178 valence electrons. The second-order valence-corrected chi connectivity index (χ2v) is 9.76. The largest absolute Gasteiger partial charge is 0.481 e. The highest BCUT2D eigenvalue weighted by Crippen LogP contribution is 2.19. The Morgan fingerprint density at radius 1 is 0.533 bits per heavy atom. The van der Waals surface area contributed by atoms with E-state index in [0.29, 0.717) is 6.42 Å². The monoisotopic (exact) mass is 424 g/mol. The van der Waals surface area contributed by atoms with Crippen molar-refractivity contribution in [2.75, 3.05) is 13.2 Å². The van der Waals surface area contributed by atoms with E-state index in [1.54, 1.807) is 0 Å². The number of carbonyl (C=O) groups is 1. The molecule has 3 nitrogen and oxygen atoms in total. The molecule has 0 unspecified atom stereocenters. The smallest absolute Gasteiger partial charge is 0.303 e. The molecule has 0 aromatic heterocycles. The summed E-state index contributed by atoms with van der Waals surface area (Å²) in [5.74, 6) is 0.242. The molecule has 0 atom stereocenters. The molecule has 30 heavy (non-hydrogen) atoms. The van der Waals surface area contributed by atoms with Crippen LogP contribution in [0.15, 0.2) is 0 Å². The van der Waals surface area contributed by atoms with Crippen LogP contribution in [0.5, 0.6) is 0 Å². The van der Waals surface area contributed by atoms with Gasteiger partial charge in [-0.25, -0.2) is 0 Å². The maximum Gasteiger partial charge on any atom is 0.303 e. The number of carboxylic acid groups (broad SMARTS) is 1. The van der Waals surface area contributed by atoms with Gasteiger partial charge in [0, 0.05) is 12.3 Å². The van der Waals surface area contributed by atoms with Gasteiger partial charge in [0.1, 0.15) is 0 Å². The average molecular weight is 425 g/mol. The normalized spacial score (nSPS) is 14.1. The third-order valence-electron chi connectivity index (χ3n) is 6.71. The third-order valence-corrected chi connectivity index (χ3v) is 6.71. The van der Waals surface area contributed by atoms with E-state index in [1.165, 1.54) is 128 Å². The van der Waals surface area contributed by atoms with Gasteiger partial charge in [0.05, 0.1) is 13.2 Å². The van der Waals surface area contributed by atoms with Crippen LogP contribution in [0.3, 0.4) is 0 Å². The molecule has 0 aliphatic carbocycles. The van der Waals surface area contributed by atoms with Crippen molar-refractivity contribution in [1.82, 2.24) is 0 Å². The first-order valence-electron chi connectivity index (χ1n) is 13.6. The number of rotatable bonds is 24. The summed E-state index contributed by atoms with van der Waals surface area (Å²) in [7, 11) is 0. The van der Waals surface area contributed by atoms with Crippen LogP contribution >= 0.6 is 0 Å². The highest BCUT2D eigenvalue weighted by molar-refractivity contribution is 5.66. The molecule has 0 amide bonds. The summed E-state index contributed by atoms with van der Waals surface area (Å²) in [6, 6.07) is 0. The highest BCUT2D eigenvalue weighted by Gasteiger charge is 2.16. The van der Waals surface area contributed by atoms with Crippen molar-refractivity contribution in [3.8, 4) is 0 Å². The van der Waals surface area contributed by atoms with Gasteiger partial charge in [0.25, 0.3) is 0 Å². The summed E-state index contributed by atoms with van der Waals surface area (Å²) in [5.41, 5.74) is 0. The molecule has 1 aliphatic rings. The summed E-state index contributed by atoms with van der Waals surface area (Å²) in [6.07, 6.45) is 30.5. The molecule has 1 heterocycles. The summed E-state index contributed by atoms with van der Waals surface area (Å²) >= 11 is 0. The number of hydrogen-bond donors (Lipinski definition) is 1. The lowest BCUT2D eigenvalue weighted by Crippen LogP contribution is -2.27. The summed E-state index contributed by atoms with van der Waals surface area (Å²) in [6.45, 7) is 2.06. The first kappa shape index (κ1) is 27.5. The van der Waals surface area contributed by atoms with Gasteiger partial charge in [-0.3, -0.25) is 4.79 Å². The van der Waals surface area contributed by atoms with Gasteiger partial charge in [0.15, 0.2) is 0 Å². The third kappa shape index (κ3) is 19.4. The fraction of sp³-hybridized carbons (Fsp3) is 0.963. The minimum Gasteiger partial charge on any atom is -0.481 e. The highest BCUT2D eigenvalue weighted by atomic mass is 16.5. The fourth-order valence-corrected chi connectivity index (χ4v) is 4.52. The zero-order valence-corrected chi connectivity index (χ0v) is 20.0. The van der Waals surface area contributed by atoms with Crippen LogP contribution in [0.2, 0.25) is 0 Å². The van der Waals surface area contributed by atoms with Gasteiger partial charge < -0.3 is 9.84 Å². The van der Waals surface area contributed by atoms with Crippen molar-refractivity contribution in [3.63, 3.8) is 0 Å². The quantitative estimate of drug-likeness (QED) is 0.158. The standard InChI is InChI=1S/C27H52O3/c28-27(29)23-21-19-17-15-13-11-9-7-5-3-1-2-4-6-8-10-12-14-16-18-20-22-26-24-30-25-26/h26H,1-25H2,(H,28,29). The van der Waals surface area contributed by atoms with Crippen molar-refractivity contribution in [2.45, 2.75) is 148 Å². The Kier molecular flexibility index (Phi) is 19.8. The molecule has 1 aliphatic heterocycles. The first-order chi connectivity index (χ1) is 14.8. The molecular weight excluding hydrogens is 372 g/mol. The van der Waals surface area contributed by atoms with Gasteiger partial charge >= 0.3 is 5.97 Å². The number of unbranched alkanes of at least 4 members (excludes halogenated alkanes) is 20. The topological polar surface area (TPSA) is 46.5 Å². The lowest BCUT2D eigenvalue weighted by atomic mass is 9.98. The summed E-state index contributed by atoms with van der Waals surface area (Å²) < 4.78 is 5.23. The number of ether oxygens (including phenoxy) is 1. The van der Waals surface area contributed by atoms with Gasteiger partial charge in [-0.05, 0) is 12.8 Å². The van der Waals surface area contributed by atoms with Crippen molar-refractivity contribution < 1.29 is 14.6 Å². The number of carboxylic acids is 1. The second-order valence-electron chi connectivity index (χ2n) is 9.76. The molecule has 0 spiro atoms. The van der Waals surface area contributed by atoms with Crippen molar-refractivity contribution in [3.05, 3.63) is 0 Å². The van der Waals surface area contributed by atoms with Crippen LogP contribution in [0.4, 0.5) is 0 Å². The molecule has 1 N–H and O–H groups in total. The second kappa shape index (κ2) is 21.7. The van der Waals surface area contributed by atoms with E-state index in [-0.39, 0.29) is 0 Å². The summed E-state index contributed by atoms with van der Waals surface area (Å²) in [5, 5.41) is 8.60. The minimum absolute atomic E-state index is 0.345. The fourth-order valence-electron chi connectivity index (χ4n) is 4.52. The van der Waals surface area contributed by atoms with Crippen LogP contribution in [0, 0.1) is 5.92 Å². The van der Waals surface area contributed by atoms with E-state index in [1.807, 2.05) is 0 Å². The first-order valence-corrected chi connectivity index (χ1v) is 13.6. The molecule has 0 aromatic rings. The van der Waals surface area contributed by atoms with Crippen LogP contribution in [0.1, 0.15) is 148 Å². The van der Waals surface area contributed by atoms with E-state index in [9.17, 15) is 4.79 Å². The lowest BCUT2D eigenvalue weighted by Gasteiger charge is -2.25. The van der Waals surface area contributed by atoms with E-state index in [4.69, 9.17) is 9.84 Å². The van der Waals surface area contributed by atoms with Crippen molar-refractivity contribution in [2.24, 2.45) is 5.92 Å².